The Hall–Kier alpha value is -2.22. The number of ether oxygens (including phenoxy) is 1. The summed E-state index contributed by atoms with van der Waals surface area (Å²) in [7, 11) is 0. The van der Waals surface area contributed by atoms with Crippen LogP contribution >= 0.6 is 0 Å². The van der Waals surface area contributed by atoms with E-state index in [1.54, 1.807) is 0 Å². The molecule has 2 atom stereocenters. The molecule has 1 saturated carbocycles. The summed E-state index contributed by atoms with van der Waals surface area (Å²) in [5.74, 6) is 0.00189. The summed E-state index contributed by atoms with van der Waals surface area (Å²) in [6.45, 7) is 5.08. The van der Waals surface area contributed by atoms with Crippen LogP contribution in [0, 0.1) is 5.41 Å². The summed E-state index contributed by atoms with van der Waals surface area (Å²) in [5.41, 5.74) is 4.98. The number of benzene rings is 1. The Balaban J connectivity index is 1.70. The van der Waals surface area contributed by atoms with Gasteiger partial charge < -0.3 is 14.9 Å². The molecule has 3 N–H and O–H groups in total. The van der Waals surface area contributed by atoms with E-state index in [1.807, 2.05) is 19.9 Å². The molecule has 1 aromatic carbocycles. The van der Waals surface area contributed by atoms with Crippen LogP contribution in [-0.2, 0) is 17.3 Å². The number of aromatic nitrogens is 1. The highest BCUT2D eigenvalue weighted by Gasteiger charge is 2.47. The number of fused-ring (bicyclic) bond motifs is 1. The highest BCUT2D eigenvalue weighted by atomic mass is 19.4. The molecule has 1 aromatic heterocycles. The third kappa shape index (κ3) is 4.43. The molecule has 0 unspecified atom stereocenters. The molecular weight excluding hydrogens is 455 g/mol. The highest BCUT2D eigenvalue weighted by molar-refractivity contribution is 5.75. The van der Waals surface area contributed by atoms with Crippen molar-refractivity contribution in [1.82, 2.24) is 4.98 Å². The fourth-order valence-electron chi connectivity index (χ4n) is 6.05. The van der Waals surface area contributed by atoms with Crippen molar-refractivity contribution in [3.63, 3.8) is 0 Å². The van der Waals surface area contributed by atoms with E-state index in [1.165, 1.54) is 18.6 Å². The first-order valence-corrected chi connectivity index (χ1v) is 12.5. The largest absolute Gasteiger partial charge is 0.440 e. The highest BCUT2D eigenvalue weighted by Crippen LogP contribution is 2.55. The van der Waals surface area contributed by atoms with E-state index in [0.29, 0.717) is 30.8 Å². The predicted molar refractivity (Wildman–Crippen MR) is 128 cm³/mol. The van der Waals surface area contributed by atoms with Crippen LogP contribution in [0.15, 0.2) is 30.3 Å². The molecule has 2 aromatic rings. The third-order valence-corrected chi connectivity index (χ3v) is 7.98. The van der Waals surface area contributed by atoms with Crippen LogP contribution in [0.1, 0.15) is 103 Å². The zero-order valence-electron chi connectivity index (χ0n) is 20.2. The smallest absolute Gasteiger partial charge is 0.416 e. The van der Waals surface area contributed by atoms with E-state index in [9.17, 15) is 18.3 Å². The summed E-state index contributed by atoms with van der Waals surface area (Å²) < 4.78 is 45.0. The van der Waals surface area contributed by atoms with E-state index < -0.39 is 23.9 Å². The number of alkyl halides is 3. The topological polar surface area (TPSA) is 65.2 Å². The van der Waals surface area contributed by atoms with Gasteiger partial charge in [0, 0.05) is 17.7 Å². The number of aliphatic hydroxyl groups is 1. The second-order valence-electron chi connectivity index (χ2n) is 10.7. The van der Waals surface area contributed by atoms with Crippen molar-refractivity contribution in [2.24, 2.45) is 5.41 Å². The number of hydrogen-bond donors (Lipinski definition) is 1. The molecule has 188 valence electrons. The van der Waals surface area contributed by atoms with Crippen molar-refractivity contribution >= 4 is 5.57 Å². The maximum Gasteiger partial charge on any atom is 0.416 e. The summed E-state index contributed by atoms with van der Waals surface area (Å²) in [5, 5.41) is 20.8. The molecule has 5 rings (SSSR count). The standard InChI is InChI=1S/C28H32F3NO3/c1-16(2)25-24(26(34)18-4-6-19(7-5-18)28(29,30)31)22(17-8-12-35-13-9-17)23-20(32-25)14-27(10-3-11-27)15-21(23)33/h4-8,16,21,26,33-34H,3,9-15H2,1-2H3/p+1/t21-,26+/m0/s1. The monoisotopic (exact) mass is 488 g/mol. The molecule has 0 bridgehead atoms. The molecule has 0 amide bonds. The lowest BCUT2D eigenvalue weighted by atomic mass is 9.59. The lowest BCUT2D eigenvalue weighted by Crippen LogP contribution is -2.38. The Bertz CT molecular complexity index is 1130. The van der Waals surface area contributed by atoms with E-state index >= 15 is 0 Å². The first-order valence-electron chi connectivity index (χ1n) is 12.5. The minimum Gasteiger partial charge on any atom is -0.440 e. The van der Waals surface area contributed by atoms with Gasteiger partial charge in [-0.2, -0.15) is 13.2 Å². The van der Waals surface area contributed by atoms with Gasteiger partial charge in [0.05, 0.1) is 30.0 Å². The van der Waals surface area contributed by atoms with Crippen molar-refractivity contribution < 1.29 is 28.1 Å². The van der Waals surface area contributed by atoms with Gasteiger partial charge in [-0.3, -0.25) is 4.98 Å². The van der Waals surface area contributed by atoms with Crippen LogP contribution in [0.25, 0.3) is 5.57 Å². The minimum absolute atomic E-state index is 0.00189. The summed E-state index contributed by atoms with van der Waals surface area (Å²) in [6, 6.07) is 4.72. The molecule has 1 fully saturated rings. The van der Waals surface area contributed by atoms with Gasteiger partial charge in [0.25, 0.3) is 0 Å². The zero-order chi connectivity index (χ0) is 25.0. The molecule has 0 saturated heterocycles. The average Bonchev–Trinajstić information content (AvgIpc) is 2.81. The normalized spacial score (nSPS) is 22.5. The second-order valence-corrected chi connectivity index (χ2v) is 10.7. The number of hydrogen-bond acceptors (Lipinski definition) is 3. The van der Waals surface area contributed by atoms with E-state index in [2.05, 4.69) is 0 Å². The number of aliphatic hydroxyl groups excluding tert-OH is 1. The van der Waals surface area contributed by atoms with Gasteiger partial charge in [-0.05, 0) is 65.8 Å². The van der Waals surface area contributed by atoms with Crippen LogP contribution < -0.4 is 0 Å². The first-order chi connectivity index (χ1) is 16.6. The van der Waals surface area contributed by atoms with Gasteiger partial charge in [0.2, 0.25) is 0 Å². The summed E-state index contributed by atoms with van der Waals surface area (Å²) >= 11 is 0. The molecule has 1 aliphatic heterocycles. The van der Waals surface area contributed by atoms with E-state index in [4.69, 9.17) is 14.8 Å². The maximum absolute atomic E-state index is 13.1. The molecule has 2 aliphatic carbocycles. The van der Waals surface area contributed by atoms with Crippen molar-refractivity contribution in [1.29, 1.82) is 0 Å². The molecule has 2 heterocycles. The Morgan fingerprint density at radius 1 is 1.17 bits per heavy atom. The molecular formula is C28H33F3NO3+. The van der Waals surface area contributed by atoms with Gasteiger partial charge in [-0.15, -0.1) is 0 Å². The van der Waals surface area contributed by atoms with Crippen LogP contribution in [0.2, 0.25) is 0 Å². The van der Waals surface area contributed by atoms with E-state index in [-0.39, 0.29) is 11.3 Å². The molecule has 3 aliphatic rings. The lowest BCUT2D eigenvalue weighted by Gasteiger charge is -2.46. The van der Waals surface area contributed by atoms with E-state index in [0.717, 1.165) is 65.9 Å². The maximum atomic E-state index is 13.1. The molecule has 4 nitrogen and oxygen atoms in total. The van der Waals surface area contributed by atoms with Gasteiger partial charge in [0.15, 0.2) is 6.10 Å². The van der Waals surface area contributed by atoms with Crippen LogP contribution in [0.4, 0.5) is 13.2 Å². The number of nitrogens with zero attached hydrogens (tertiary/aromatic N) is 1. The zero-order valence-corrected chi connectivity index (χ0v) is 20.2. The van der Waals surface area contributed by atoms with Crippen molar-refractivity contribution in [2.45, 2.75) is 76.7 Å². The van der Waals surface area contributed by atoms with Gasteiger partial charge >= 0.3 is 6.18 Å². The predicted octanol–water partition coefficient (Wildman–Crippen LogP) is 5.99. The molecule has 7 heteroatoms. The Morgan fingerprint density at radius 2 is 1.89 bits per heavy atom. The van der Waals surface area contributed by atoms with Crippen LogP contribution in [0.3, 0.4) is 0 Å². The average molecular weight is 489 g/mol. The SMILES string of the molecule is CC(C)c1nc2c(c(C3=CCOCC3)c1[C@H](O)c1ccc(C(F)(F)F)cc1)[C@@H]([OH2+])CC1(CCC1)C2. The molecule has 1 spiro atoms. The second kappa shape index (κ2) is 9.02. The van der Waals surface area contributed by atoms with Crippen LogP contribution in [-0.4, -0.2) is 28.4 Å². The minimum atomic E-state index is -4.44. The van der Waals surface area contributed by atoms with Gasteiger partial charge in [-0.25, -0.2) is 0 Å². The quantitative estimate of drug-likeness (QED) is 0.538. The molecule has 35 heavy (non-hydrogen) atoms. The lowest BCUT2D eigenvalue weighted by molar-refractivity contribution is -0.137. The van der Waals surface area contributed by atoms with Gasteiger partial charge in [0.1, 0.15) is 6.10 Å². The third-order valence-electron chi connectivity index (χ3n) is 7.98. The Morgan fingerprint density at radius 3 is 2.43 bits per heavy atom. The Kier molecular flexibility index (Phi) is 6.31. The van der Waals surface area contributed by atoms with Crippen molar-refractivity contribution in [3.05, 3.63) is 69.5 Å². The summed E-state index contributed by atoms with van der Waals surface area (Å²) in [6.07, 6.45) is 1.76. The van der Waals surface area contributed by atoms with Crippen molar-refractivity contribution in [3.8, 4) is 0 Å². The fourth-order valence-corrected chi connectivity index (χ4v) is 6.05. The van der Waals surface area contributed by atoms with Gasteiger partial charge in [-0.1, -0.05) is 38.5 Å². The van der Waals surface area contributed by atoms with Crippen molar-refractivity contribution in [2.75, 3.05) is 13.2 Å². The van der Waals surface area contributed by atoms with Crippen LogP contribution in [0.5, 0.6) is 0 Å². The number of rotatable bonds is 4. The fraction of sp³-hybridized carbons (Fsp3) is 0.536. The molecule has 0 radical (unpaired) electrons. The first kappa shape index (κ1) is 24.5. The number of pyridine rings is 1. The number of halogens is 3. The Labute approximate surface area is 203 Å². The summed E-state index contributed by atoms with van der Waals surface area (Å²) in [4.78, 5) is 5.08.